The van der Waals surface area contributed by atoms with Gasteiger partial charge in [0.1, 0.15) is 11.6 Å². The number of fused-ring (bicyclic) bond motifs is 1. The van der Waals surface area contributed by atoms with E-state index in [1.54, 1.807) is 12.1 Å². The molecule has 31 heavy (non-hydrogen) atoms. The van der Waals surface area contributed by atoms with E-state index in [1.165, 1.54) is 37.8 Å². The molecule has 1 aromatic heterocycles. The summed E-state index contributed by atoms with van der Waals surface area (Å²) in [6, 6.07) is 6.69. The van der Waals surface area contributed by atoms with Gasteiger partial charge in [-0.25, -0.2) is 9.37 Å². The molecule has 1 atom stereocenters. The molecule has 6 nitrogen and oxygen atoms in total. The van der Waals surface area contributed by atoms with Crippen molar-refractivity contribution >= 4 is 5.91 Å². The monoisotopic (exact) mass is 424 g/mol. The summed E-state index contributed by atoms with van der Waals surface area (Å²) in [6.07, 6.45) is 6.91. The highest BCUT2D eigenvalue weighted by molar-refractivity contribution is 5.79. The van der Waals surface area contributed by atoms with E-state index in [4.69, 9.17) is 4.98 Å². The van der Waals surface area contributed by atoms with Crippen LogP contribution in [0.2, 0.25) is 0 Å². The zero-order valence-electron chi connectivity index (χ0n) is 17.8. The number of nitrogens with zero attached hydrogens (tertiary/aromatic N) is 3. The lowest BCUT2D eigenvalue weighted by atomic mass is 10.0. The van der Waals surface area contributed by atoms with E-state index in [9.17, 15) is 14.0 Å². The summed E-state index contributed by atoms with van der Waals surface area (Å²) in [5.74, 6) is 0.499. The SMILES string of the molecule is O=C(Cc1ccc(F)cc1)N1CC[C@@H](c2nc3c(c(=O)[nH]2)CCN(C2CCCC2)C3)C1. The maximum atomic E-state index is 13.1. The Morgan fingerprint density at radius 2 is 1.90 bits per heavy atom. The van der Waals surface area contributed by atoms with Crippen molar-refractivity contribution in [3.63, 3.8) is 0 Å². The van der Waals surface area contributed by atoms with Gasteiger partial charge in [-0.05, 0) is 43.4 Å². The first-order valence-corrected chi connectivity index (χ1v) is 11.4. The topological polar surface area (TPSA) is 69.3 Å². The number of hydrogen-bond donors (Lipinski definition) is 1. The van der Waals surface area contributed by atoms with Crippen LogP contribution in [0.1, 0.15) is 60.7 Å². The summed E-state index contributed by atoms with van der Waals surface area (Å²) in [6.45, 7) is 2.92. The molecule has 1 aliphatic carbocycles. The number of benzene rings is 1. The molecule has 1 aromatic carbocycles. The summed E-state index contributed by atoms with van der Waals surface area (Å²) in [4.78, 5) is 37.7. The molecule has 1 saturated carbocycles. The molecule has 1 N–H and O–H groups in total. The van der Waals surface area contributed by atoms with Gasteiger partial charge in [0.2, 0.25) is 5.91 Å². The molecule has 0 unspecified atom stereocenters. The maximum Gasteiger partial charge on any atom is 0.254 e. The molecule has 1 amide bonds. The fourth-order valence-electron chi connectivity index (χ4n) is 5.35. The number of H-pyrrole nitrogens is 1. The van der Waals surface area contributed by atoms with Gasteiger partial charge in [0.25, 0.3) is 5.56 Å². The van der Waals surface area contributed by atoms with Crippen LogP contribution in [-0.2, 0) is 24.2 Å². The van der Waals surface area contributed by atoms with Crippen LogP contribution < -0.4 is 5.56 Å². The summed E-state index contributed by atoms with van der Waals surface area (Å²) >= 11 is 0. The van der Waals surface area contributed by atoms with Gasteiger partial charge in [0.15, 0.2) is 0 Å². The third-order valence-electron chi connectivity index (χ3n) is 7.16. The van der Waals surface area contributed by atoms with Gasteiger partial charge in [-0.3, -0.25) is 14.5 Å². The minimum Gasteiger partial charge on any atom is -0.342 e. The molecule has 3 aliphatic rings. The Balaban J connectivity index is 1.27. The van der Waals surface area contributed by atoms with Crippen molar-refractivity contribution in [3.8, 4) is 0 Å². The average molecular weight is 425 g/mol. The van der Waals surface area contributed by atoms with Gasteiger partial charge < -0.3 is 9.88 Å². The van der Waals surface area contributed by atoms with Crippen LogP contribution in [0, 0.1) is 5.82 Å². The highest BCUT2D eigenvalue weighted by atomic mass is 19.1. The lowest BCUT2D eigenvalue weighted by Crippen LogP contribution is -2.41. The zero-order chi connectivity index (χ0) is 21.4. The number of carbonyl (C=O) groups is 1. The Labute approximate surface area is 181 Å². The van der Waals surface area contributed by atoms with Crippen LogP contribution >= 0.6 is 0 Å². The predicted molar refractivity (Wildman–Crippen MR) is 115 cm³/mol. The molecule has 2 fully saturated rings. The van der Waals surface area contributed by atoms with Crippen molar-refractivity contribution in [2.45, 2.75) is 63.5 Å². The van der Waals surface area contributed by atoms with E-state index in [2.05, 4.69) is 9.88 Å². The number of aromatic nitrogens is 2. The first-order chi connectivity index (χ1) is 15.1. The summed E-state index contributed by atoms with van der Waals surface area (Å²) in [5.41, 5.74) is 2.55. The van der Waals surface area contributed by atoms with Crippen LogP contribution in [-0.4, -0.2) is 51.4 Å². The van der Waals surface area contributed by atoms with E-state index in [1.807, 2.05) is 4.90 Å². The standard InChI is InChI=1S/C24H29FN4O2/c25-18-7-5-16(6-8-18)13-22(30)29-11-9-17(14-29)23-26-21-15-28(19-3-1-2-4-19)12-10-20(21)24(31)27-23/h5-8,17,19H,1-4,9-15H2,(H,26,27,31)/t17-/m1/s1. The Morgan fingerprint density at radius 3 is 2.68 bits per heavy atom. The Kier molecular flexibility index (Phi) is 5.61. The van der Waals surface area contributed by atoms with Crippen molar-refractivity contribution in [3.05, 3.63) is 63.1 Å². The normalized spacial score (nSPS) is 22.1. The zero-order valence-corrected chi connectivity index (χ0v) is 17.8. The second-order valence-corrected chi connectivity index (χ2v) is 9.16. The fraction of sp³-hybridized carbons (Fsp3) is 0.542. The van der Waals surface area contributed by atoms with Gasteiger partial charge in [-0.2, -0.15) is 0 Å². The number of hydrogen-bond acceptors (Lipinski definition) is 4. The quantitative estimate of drug-likeness (QED) is 0.820. The summed E-state index contributed by atoms with van der Waals surface area (Å²) in [5, 5.41) is 0. The van der Waals surface area contributed by atoms with Crippen LogP contribution in [0.4, 0.5) is 4.39 Å². The second-order valence-electron chi connectivity index (χ2n) is 9.16. The lowest BCUT2D eigenvalue weighted by molar-refractivity contribution is -0.129. The molecule has 3 heterocycles. The van der Waals surface area contributed by atoms with Gasteiger partial charge in [-0.1, -0.05) is 25.0 Å². The highest BCUT2D eigenvalue weighted by Crippen LogP contribution is 2.29. The summed E-state index contributed by atoms with van der Waals surface area (Å²) in [7, 11) is 0. The molecule has 0 spiro atoms. The van der Waals surface area contributed by atoms with Crippen molar-refractivity contribution in [2.75, 3.05) is 19.6 Å². The Bertz CT molecular complexity index is 1010. The van der Waals surface area contributed by atoms with E-state index < -0.39 is 0 Å². The molecule has 164 valence electrons. The average Bonchev–Trinajstić information content (AvgIpc) is 3.47. The van der Waals surface area contributed by atoms with Crippen molar-refractivity contribution in [2.24, 2.45) is 0 Å². The third kappa shape index (κ3) is 4.28. The second kappa shape index (κ2) is 8.54. The minimum absolute atomic E-state index is 0.0119. The van der Waals surface area contributed by atoms with Crippen LogP contribution in [0.25, 0.3) is 0 Å². The molecular formula is C24H29FN4O2. The molecule has 0 bridgehead atoms. The molecule has 0 radical (unpaired) electrons. The number of nitrogens with one attached hydrogen (secondary N) is 1. The molecule has 2 aliphatic heterocycles. The Morgan fingerprint density at radius 1 is 1.13 bits per heavy atom. The molecule has 2 aromatic rings. The number of aromatic amines is 1. The number of rotatable bonds is 4. The fourth-order valence-corrected chi connectivity index (χ4v) is 5.35. The smallest absolute Gasteiger partial charge is 0.254 e. The maximum absolute atomic E-state index is 13.1. The number of likely N-dealkylation sites (tertiary alicyclic amines) is 1. The van der Waals surface area contributed by atoms with Crippen molar-refractivity contribution in [1.82, 2.24) is 19.8 Å². The van der Waals surface area contributed by atoms with Crippen LogP contribution in [0.3, 0.4) is 0 Å². The predicted octanol–water partition coefficient (Wildman–Crippen LogP) is 2.77. The number of amides is 1. The first kappa shape index (κ1) is 20.4. The molecule has 1 saturated heterocycles. The van der Waals surface area contributed by atoms with E-state index >= 15 is 0 Å². The van der Waals surface area contributed by atoms with Gasteiger partial charge in [0.05, 0.1) is 12.1 Å². The van der Waals surface area contributed by atoms with Gasteiger partial charge in [-0.15, -0.1) is 0 Å². The van der Waals surface area contributed by atoms with Gasteiger partial charge in [0, 0.05) is 43.7 Å². The molecular weight excluding hydrogens is 395 g/mol. The minimum atomic E-state index is -0.300. The third-order valence-corrected chi connectivity index (χ3v) is 7.16. The Hall–Kier alpha value is -2.54. The first-order valence-electron chi connectivity index (χ1n) is 11.4. The van der Waals surface area contributed by atoms with Crippen molar-refractivity contribution < 1.29 is 9.18 Å². The van der Waals surface area contributed by atoms with Crippen LogP contribution in [0.5, 0.6) is 0 Å². The number of carbonyl (C=O) groups excluding carboxylic acids is 1. The van der Waals surface area contributed by atoms with E-state index in [0.29, 0.717) is 25.0 Å². The molecule has 7 heteroatoms. The summed E-state index contributed by atoms with van der Waals surface area (Å²) < 4.78 is 13.1. The largest absolute Gasteiger partial charge is 0.342 e. The van der Waals surface area contributed by atoms with Crippen LogP contribution in [0.15, 0.2) is 29.1 Å². The van der Waals surface area contributed by atoms with Gasteiger partial charge >= 0.3 is 0 Å². The molecule has 5 rings (SSSR count). The van der Waals surface area contributed by atoms with E-state index in [-0.39, 0.29) is 29.6 Å². The number of halogens is 1. The van der Waals surface area contributed by atoms with E-state index in [0.717, 1.165) is 42.8 Å². The highest BCUT2D eigenvalue weighted by Gasteiger charge is 2.32. The van der Waals surface area contributed by atoms with Crippen molar-refractivity contribution in [1.29, 1.82) is 0 Å². The lowest BCUT2D eigenvalue weighted by Gasteiger charge is -2.32.